The Bertz CT molecular complexity index is 1880. The summed E-state index contributed by atoms with van der Waals surface area (Å²) in [7, 11) is 0. The van der Waals surface area contributed by atoms with Crippen LogP contribution in [0.3, 0.4) is 0 Å². The molecule has 0 amide bonds. The zero-order valence-corrected chi connectivity index (χ0v) is 25.2. The molecule has 5 aromatic rings. The predicted octanol–water partition coefficient (Wildman–Crippen LogP) is 8.73. The lowest BCUT2D eigenvalue weighted by atomic mass is 9.90. The van der Waals surface area contributed by atoms with E-state index in [1.54, 1.807) is 18.2 Å². The van der Waals surface area contributed by atoms with Crippen molar-refractivity contribution in [2.45, 2.75) is 37.6 Å². The molecule has 0 unspecified atom stereocenters. The molecule has 0 bridgehead atoms. The second-order valence-electron chi connectivity index (χ2n) is 10.8. The number of carboxylic acids is 1. The lowest BCUT2D eigenvalue weighted by Crippen LogP contribution is -2.45. The fourth-order valence-corrected chi connectivity index (χ4v) is 7.59. The molecule has 1 aliphatic heterocycles. The van der Waals surface area contributed by atoms with Crippen LogP contribution in [0.2, 0.25) is 5.02 Å². The third kappa shape index (κ3) is 5.69. The summed E-state index contributed by atoms with van der Waals surface area (Å²) in [5.41, 5.74) is 3.44. The molecular formula is C31H23ClF3N3O4S2. The number of alkyl halides is 3. The van der Waals surface area contributed by atoms with Crippen molar-refractivity contribution in [1.82, 2.24) is 8.75 Å². The number of carboxylic acid groups (broad SMARTS) is 1. The summed E-state index contributed by atoms with van der Waals surface area (Å²) in [4.78, 5) is 14.7. The first-order valence-electron chi connectivity index (χ1n) is 13.8. The Morgan fingerprint density at radius 1 is 1.02 bits per heavy atom. The molecular weight excluding hydrogens is 635 g/mol. The van der Waals surface area contributed by atoms with Crippen molar-refractivity contribution in [1.29, 1.82) is 0 Å². The Kier molecular flexibility index (Phi) is 7.38. The van der Waals surface area contributed by atoms with Crippen LogP contribution in [-0.2, 0) is 6.61 Å². The Labute approximate surface area is 262 Å². The highest BCUT2D eigenvalue weighted by molar-refractivity contribution is 7.13. The second-order valence-corrected chi connectivity index (χ2v) is 12.8. The first kappa shape index (κ1) is 28.9. The van der Waals surface area contributed by atoms with Gasteiger partial charge in [0.1, 0.15) is 18.1 Å². The van der Waals surface area contributed by atoms with Crippen LogP contribution in [0.5, 0.6) is 11.5 Å². The minimum Gasteiger partial charge on any atom is -0.489 e. The fourth-order valence-electron chi connectivity index (χ4n) is 5.46. The Morgan fingerprint density at radius 2 is 1.82 bits per heavy atom. The summed E-state index contributed by atoms with van der Waals surface area (Å²) in [6.45, 7) is 1.57. The summed E-state index contributed by atoms with van der Waals surface area (Å²) in [6.07, 6.45) is -2.81. The quantitative estimate of drug-likeness (QED) is 0.170. The number of anilines is 1. The molecule has 3 heterocycles. The number of ether oxygens (including phenoxy) is 2. The van der Waals surface area contributed by atoms with Crippen LogP contribution in [0.25, 0.3) is 21.3 Å². The molecule has 1 N–H and O–H groups in total. The third-order valence-electron chi connectivity index (χ3n) is 7.83. The monoisotopic (exact) mass is 657 g/mol. The van der Waals surface area contributed by atoms with E-state index in [-0.39, 0.29) is 29.5 Å². The molecule has 2 fully saturated rings. The first-order chi connectivity index (χ1) is 21.1. The van der Waals surface area contributed by atoms with Gasteiger partial charge in [-0.05, 0) is 89.9 Å². The predicted molar refractivity (Wildman–Crippen MR) is 164 cm³/mol. The van der Waals surface area contributed by atoms with E-state index in [9.17, 15) is 23.1 Å². The molecule has 13 heteroatoms. The molecule has 7 rings (SSSR count). The number of hydrogen-bond acceptors (Lipinski definition) is 8. The van der Waals surface area contributed by atoms with E-state index in [1.807, 2.05) is 30.3 Å². The van der Waals surface area contributed by atoms with Gasteiger partial charge in [0.25, 0.3) is 0 Å². The van der Waals surface area contributed by atoms with Gasteiger partial charge < -0.3 is 19.5 Å². The number of aromatic carboxylic acids is 1. The number of rotatable bonds is 9. The number of halogens is 4. The van der Waals surface area contributed by atoms with Gasteiger partial charge in [-0.1, -0.05) is 29.8 Å². The molecule has 7 nitrogen and oxygen atoms in total. The third-order valence-corrected chi connectivity index (χ3v) is 10.0. The maximum Gasteiger partial charge on any atom is 0.573 e. The number of nitrogens with zero attached hydrogens (tertiary/aromatic N) is 3. The summed E-state index contributed by atoms with van der Waals surface area (Å²) in [6, 6.07) is 17.3. The summed E-state index contributed by atoms with van der Waals surface area (Å²) < 4.78 is 59.2. The van der Waals surface area contributed by atoms with E-state index < -0.39 is 12.3 Å². The molecule has 3 aromatic carbocycles. The van der Waals surface area contributed by atoms with E-state index in [1.165, 1.54) is 35.2 Å². The van der Waals surface area contributed by atoms with Gasteiger partial charge in [0.2, 0.25) is 0 Å². The van der Waals surface area contributed by atoms with Crippen molar-refractivity contribution >= 4 is 56.4 Å². The van der Waals surface area contributed by atoms with E-state index >= 15 is 0 Å². The van der Waals surface area contributed by atoms with E-state index in [4.69, 9.17) is 16.3 Å². The molecule has 1 aliphatic carbocycles. The van der Waals surface area contributed by atoms with Crippen molar-refractivity contribution in [3.63, 3.8) is 0 Å². The average Bonchev–Trinajstić information content (AvgIpc) is 3.57. The molecule has 0 atom stereocenters. The maximum atomic E-state index is 13.1. The van der Waals surface area contributed by atoms with Crippen molar-refractivity contribution in [3.05, 3.63) is 87.4 Å². The lowest BCUT2D eigenvalue weighted by molar-refractivity contribution is -0.274. The van der Waals surface area contributed by atoms with Gasteiger partial charge in [-0.25, -0.2) is 4.79 Å². The Balaban J connectivity index is 1.06. The van der Waals surface area contributed by atoms with E-state index in [0.717, 1.165) is 52.3 Å². The van der Waals surface area contributed by atoms with Gasteiger partial charge >= 0.3 is 12.3 Å². The van der Waals surface area contributed by atoms with Crippen LogP contribution in [0, 0.1) is 0 Å². The number of para-hydroxylation sites is 1. The summed E-state index contributed by atoms with van der Waals surface area (Å²) >= 11 is 9.17. The molecule has 2 aromatic heterocycles. The maximum absolute atomic E-state index is 13.1. The van der Waals surface area contributed by atoms with Gasteiger partial charge in [-0.3, -0.25) is 0 Å². The normalized spacial score (nSPS) is 15.4. The highest BCUT2D eigenvalue weighted by Gasteiger charge is 2.35. The van der Waals surface area contributed by atoms with Crippen LogP contribution in [0.15, 0.2) is 60.7 Å². The van der Waals surface area contributed by atoms with Crippen LogP contribution in [-0.4, -0.2) is 39.3 Å². The minimum absolute atomic E-state index is 0.0658. The fraction of sp³-hybridized carbons (Fsp3) is 0.258. The molecule has 1 saturated carbocycles. The topological polar surface area (TPSA) is 84.8 Å². The second kappa shape index (κ2) is 11.2. The smallest absolute Gasteiger partial charge is 0.489 e. The number of fused-ring (bicyclic) bond motifs is 1. The van der Waals surface area contributed by atoms with Crippen LogP contribution >= 0.6 is 34.7 Å². The molecule has 0 spiro atoms. The van der Waals surface area contributed by atoms with Crippen molar-refractivity contribution in [2.24, 2.45) is 0 Å². The molecule has 44 heavy (non-hydrogen) atoms. The molecule has 1 saturated heterocycles. The van der Waals surface area contributed by atoms with Gasteiger partial charge in [-0.15, -0.1) is 13.2 Å². The number of aromatic nitrogens is 2. The zero-order chi connectivity index (χ0) is 30.6. The Morgan fingerprint density at radius 3 is 2.55 bits per heavy atom. The standard InChI is InChI=1S/C31H23ClF3N3O4S2/c32-24-12-19(8-9-20(24)17-13-38(14-17)18-7-10-26-22(11-18)28(30(39)40)37-43-26)41-15-23-27(36-44-29(23)16-5-6-16)21-3-1-2-4-25(21)42-31(33,34)35/h1-4,7-12,16-17H,5-6,13-15H2,(H,39,40). The number of carbonyl (C=O) groups is 1. The van der Waals surface area contributed by atoms with Crippen molar-refractivity contribution in [2.75, 3.05) is 18.0 Å². The van der Waals surface area contributed by atoms with Crippen LogP contribution in [0.4, 0.5) is 18.9 Å². The largest absolute Gasteiger partial charge is 0.573 e. The van der Waals surface area contributed by atoms with Crippen LogP contribution in [0.1, 0.15) is 51.2 Å². The Hall–Kier alpha value is -3.87. The summed E-state index contributed by atoms with van der Waals surface area (Å²) in [5.74, 6) is -0.281. The minimum atomic E-state index is -4.82. The molecule has 0 radical (unpaired) electrons. The van der Waals surface area contributed by atoms with Gasteiger partial charge in [0.05, 0.1) is 10.4 Å². The van der Waals surface area contributed by atoms with E-state index in [0.29, 0.717) is 27.8 Å². The zero-order valence-electron chi connectivity index (χ0n) is 22.8. The van der Waals surface area contributed by atoms with Crippen molar-refractivity contribution in [3.8, 4) is 22.8 Å². The summed E-state index contributed by atoms with van der Waals surface area (Å²) in [5, 5.41) is 10.6. The first-order valence-corrected chi connectivity index (χ1v) is 15.7. The van der Waals surface area contributed by atoms with Gasteiger partial charge in [0, 0.05) is 51.1 Å². The number of hydrogen-bond donors (Lipinski definition) is 1. The lowest BCUT2D eigenvalue weighted by Gasteiger charge is -2.41. The van der Waals surface area contributed by atoms with E-state index in [2.05, 4.69) is 18.4 Å². The average molecular weight is 658 g/mol. The van der Waals surface area contributed by atoms with Crippen LogP contribution < -0.4 is 14.4 Å². The van der Waals surface area contributed by atoms with Gasteiger partial charge in [-0.2, -0.15) is 8.75 Å². The SMILES string of the molecule is O=C(O)c1nsc2ccc(N3CC(c4ccc(OCc5c(-c6ccccc6OC(F)(F)F)nsc5C5CC5)cc4Cl)C3)cc12. The van der Waals surface area contributed by atoms with Gasteiger partial charge in [0.15, 0.2) is 5.69 Å². The number of benzene rings is 3. The molecule has 2 aliphatic rings. The highest BCUT2D eigenvalue weighted by atomic mass is 35.5. The highest BCUT2D eigenvalue weighted by Crippen LogP contribution is 2.48. The molecule has 226 valence electrons. The van der Waals surface area contributed by atoms with Crippen molar-refractivity contribution < 1.29 is 32.5 Å².